The predicted octanol–water partition coefficient (Wildman–Crippen LogP) is 4.17. The molecule has 1 amide bonds. The van der Waals surface area contributed by atoms with Gasteiger partial charge in [0, 0.05) is 35.5 Å². The van der Waals surface area contributed by atoms with Crippen LogP contribution in [0.2, 0.25) is 0 Å². The number of ketones is 1. The number of carbonyl (C=O) groups is 2. The molecular formula is C24H22BrN3O4. The lowest BCUT2D eigenvalue weighted by Crippen LogP contribution is -2.31. The van der Waals surface area contributed by atoms with E-state index in [9.17, 15) is 14.7 Å². The first kappa shape index (κ1) is 21.8. The Balaban J connectivity index is 1.75. The van der Waals surface area contributed by atoms with Crippen molar-refractivity contribution in [2.24, 2.45) is 0 Å². The van der Waals surface area contributed by atoms with Crippen LogP contribution in [0.25, 0.3) is 5.76 Å². The van der Waals surface area contributed by atoms with Crippen molar-refractivity contribution in [1.29, 1.82) is 0 Å². The standard InChI is InChI=1S/C24H22BrN3O4/c1-32-19-8-3-6-17(14-19)22(29)20-21(16-5-2-7-18(25)13-16)28(24(31)23(20)30)11-4-10-27-12-9-26-15-27/h2-3,5-9,12-15,21,29H,4,10-11H2,1H3/b22-20+. The first-order chi connectivity index (χ1) is 15.5. The molecule has 8 heteroatoms. The van der Waals surface area contributed by atoms with Crippen molar-refractivity contribution in [1.82, 2.24) is 14.5 Å². The van der Waals surface area contributed by atoms with Gasteiger partial charge in [-0.05, 0) is 36.2 Å². The number of ether oxygens (including phenoxy) is 1. The number of benzene rings is 2. The van der Waals surface area contributed by atoms with Gasteiger partial charge in [0.1, 0.15) is 11.5 Å². The Hall–Kier alpha value is -3.39. The molecule has 7 nitrogen and oxygen atoms in total. The van der Waals surface area contributed by atoms with Crippen LogP contribution in [0.4, 0.5) is 0 Å². The number of hydrogen-bond acceptors (Lipinski definition) is 5. The summed E-state index contributed by atoms with van der Waals surface area (Å²) in [5.41, 5.74) is 1.23. The van der Waals surface area contributed by atoms with Crippen molar-refractivity contribution in [2.75, 3.05) is 13.7 Å². The number of hydrogen-bond donors (Lipinski definition) is 1. The van der Waals surface area contributed by atoms with Crippen molar-refractivity contribution in [3.63, 3.8) is 0 Å². The summed E-state index contributed by atoms with van der Waals surface area (Å²) >= 11 is 3.47. The van der Waals surface area contributed by atoms with Crippen molar-refractivity contribution in [3.8, 4) is 5.75 Å². The normalized spacial score (nSPS) is 17.7. The van der Waals surface area contributed by atoms with E-state index in [1.54, 1.807) is 36.8 Å². The highest BCUT2D eigenvalue weighted by atomic mass is 79.9. The molecule has 1 atom stereocenters. The Bertz CT molecular complexity index is 1170. The van der Waals surface area contributed by atoms with Gasteiger partial charge in [-0.25, -0.2) is 4.98 Å². The maximum atomic E-state index is 13.1. The molecule has 4 rings (SSSR count). The average Bonchev–Trinajstić information content (AvgIpc) is 3.41. The van der Waals surface area contributed by atoms with E-state index in [0.29, 0.717) is 30.8 Å². The van der Waals surface area contributed by atoms with Crippen LogP contribution in [0.15, 0.2) is 77.3 Å². The summed E-state index contributed by atoms with van der Waals surface area (Å²) < 4.78 is 7.98. The summed E-state index contributed by atoms with van der Waals surface area (Å²) in [7, 11) is 1.53. The lowest BCUT2D eigenvalue weighted by Gasteiger charge is -2.25. The summed E-state index contributed by atoms with van der Waals surface area (Å²) in [6, 6.07) is 13.5. The number of aliphatic hydroxyl groups excluding tert-OH is 1. The molecule has 0 aliphatic carbocycles. The van der Waals surface area contributed by atoms with Crippen LogP contribution in [0.3, 0.4) is 0 Å². The molecule has 3 aromatic rings. The number of nitrogens with zero attached hydrogens (tertiary/aromatic N) is 3. The van der Waals surface area contributed by atoms with Gasteiger partial charge in [-0.1, -0.05) is 40.2 Å². The van der Waals surface area contributed by atoms with Crippen LogP contribution in [0.1, 0.15) is 23.6 Å². The van der Waals surface area contributed by atoms with Crippen molar-refractivity contribution >= 4 is 33.4 Å². The molecule has 1 aliphatic heterocycles. The van der Waals surface area contributed by atoms with Crippen molar-refractivity contribution < 1.29 is 19.4 Å². The molecule has 1 aliphatic rings. The average molecular weight is 496 g/mol. The third kappa shape index (κ3) is 4.31. The van der Waals surface area contributed by atoms with Gasteiger partial charge in [-0.15, -0.1) is 0 Å². The van der Waals surface area contributed by atoms with E-state index < -0.39 is 17.7 Å². The van der Waals surface area contributed by atoms with Crippen LogP contribution >= 0.6 is 15.9 Å². The maximum absolute atomic E-state index is 13.1. The van der Waals surface area contributed by atoms with Crippen LogP contribution in [0.5, 0.6) is 5.75 Å². The number of imidazole rings is 1. The van der Waals surface area contributed by atoms with Gasteiger partial charge in [0.15, 0.2) is 0 Å². The van der Waals surface area contributed by atoms with E-state index in [4.69, 9.17) is 4.74 Å². The number of aryl methyl sites for hydroxylation is 1. The van der Waals surface area contributed by atoms with Gasteiger partial charge in [-0.2, -0.15) is 0 Å². The zero-order valence-corrected chi connectivity index (χ0v) is 19.0. The molecule has 1 saturated heterocycles. The van der Waals surface area contributed by atoms with E-state index in [1.165, 1.54) is 12.0 Å². The Morgan fingerprint density at radius 2 is 1.97 bits per heavy atom. The zero-order chi connectivity index (χ0) is 22.7. The summed E-state index contributed by atoms with van der Waals surface area (Å²) in [4.78, 5) is 31.7. The molecule has 32 heavy (non-hydrogen) atoms. The van der Waals surface area contributed by atoms with E-state index >= 15 is 0 Å². The topological polar surface area (TPSA) is 84.7 Å². The molecule has 0 spiro atoms. The number of aromatic nitrogens is 2. The zero-order valence-electron chi connectivity index (χ0n) is 17.4. The fourth-order valence-electron chi connectivity index (χ4n) is 3.90. The number of rotatable bonds is 7. The minimum Gasteiger partial charge on any atom is -0.507 e. The SMILES string of the molecule is COc1cccc(/C(O)=C2\C(=O)C(=O)N(CCCn3ccnc3)C2c2cccc(Br)c2)c1. The number of carbonyl (C=O) groups excluding carboxylic acids is 2. The minimum atomic E-state index is -0.696. The smallest absolute Gasteiger partial charge is 0.295 e. The summed E-state index contributed by atoms with van der Waals surface area (Å²) in [6.07, 6.45) is 5.89. The van der Waals surface area contributed by atoms with Gasteiger partial charge < -0.3 is 19.3 Å². The van der Waals surface area contributed by atoms with Gasteiger partial charge in [-0.3, -0.25) is 9.59 Å². The third-order valence-corrected chi connectivity index (χ3v) is 5.92. The van der Waals surface area contributed by atoms with Crippen LogP contribution < -0.4 is 4.74 Å². The first-order valence-electron chi connectivity index (χ1n) is 10.1. The first-order valence-corrected chi connectivity index (χ1v) is 10.9. The van der Waals surface area contributed by atoms with Crippen molar-refractivity contribution in [2.45, 2.75) is 19.0 Å². The Kier molecular flexibility index (Phi) is 6.41. The number of amides is 1. The molecule has 1 unspecified atom stereocenters. The molecule has 164 valence electrons. The fourth-order valence-corrected chi connectivity index (χ4v) is 4.32. The predicted molar refractivity (Wildman–Crippen MR) is 123 cm³/mol. The fraction of sp³-hybridized carbons (Fsp3) is 0.208. The molecule has 1 fully saturated rings. The highest BCUT2D eigenvalue weighted by Crippen LogP contribution is 2.40. The largest absolute Gasteiger partial charge is 0.507 e. The van der Waals surface area contributed by atoms with Crippen LogP contribution in [0, 0.1) is 0 Å². The summed E-state index contributed by atoms with van der Waals surface area (Å²) in [5.74, 6) is -0.991. The lowest BCUT2D eigenvalue weighted by atomic mass is 9.95. The number of Topliss-reactive ketones (excluding diaryl/α,β-unsaturated/α-hetero) is 1. The van der Waals surface area contributed by atoms with Gasteiger partial charge in [0.25, 0.3) is 11.7 Å². The molecule has 0 bridgehead atoms. The number of likely N-dealkylation sites (tertiary alicyclic amines) is 1. The van der Waals surface area contributed by atoms with E-state index in [1.807, 2.05) is 35.0 Å². The molecule has 0 radical (unpaired) electrons. The van der Waals surface area contributed by atoms with E-state index in [-0.39, 0.29) is 11.3 Å². The number of aliphatic hydroxyl groups is 1. The summed E-state index contributed by atoms with van der Waals surface area (Å²) in [5, 5.41) is 11.1. The molecule has 0 saturated carbocycles. The Morgan fingerprint density at radius 3 is 2.69 bits per heavy atom. The lowest BCUT2D eigenvalue weighted by molar-refractivity contribution is -0.139. The second kappa shape index (κ2) is 9.40. The summed E-state index contributed by atoms with van der Waals surface area (Å²) in [6.45, 7) is 1.01. The van der Waals surface area contributed by atoms with Crippen molar-refractivity contribution in [3.05, 3.63) is 88.4 Å². The number of methoxy groups -OCH3 is 1. The Labute approximate surface area is 194 Å². The highest BCUT2D eigenvalue weighted by molar-refractivity contribution is 9.10. The maximum Gasteiger partial charge on any atom is 0.295 e. The molecule has 1 aromatic heterocycles. The highest BCUT2D eigenvalue weighted by Gasteiger charge is 2.45. The second-order valence-corrected chi connectivity index (χ2v) is 8.35. The van der Waals surface area contributed by atoms with Crippen LogP contribution in [-0.2, 0) is 16.1 Å². The molecule has 1 N–H and O–H groups in total. The van der Waals surface area contributed by atoms with E-state index in [0.717, 1.165) is 10.0 Å². The van der Waals surface area contributed by atoms with Gasteiger partial charge in [0.2, 0.25) is 0 Å². The minimum absolute atomic E-state index is 0.0731. The van der Waals surface area contributed by atoms with E-state index in [2.05, 4.69) is 20.9 Å². The quantitative estimate of drug-likeness (QED) is 0.302. The number of halogens is 1. The van der Waals surface area contributed by atoms with Gasteiger partial charge in [0.05, 0.1) is 25.1 Å². The second-order valence-electron chi connectivity index (χ2n) is 7.43. The Morgan fingerprint density at radius 1 is 1.16 bits per heavy atom. The molecule has 2 aromatic carbocycles. The van der Waals surface area contributed by atoms with Crippen LogP contribution in [-0.4, -0.2) is 44.9 Å². The molecular weight excluding hydrogens is 474 g/mol. The van der Waals surface area contributed by atoms with Gasteiger partial charge >= 0.3 is 0 Å². The third-order valence-electron chi connectivity index (χ3n) is 5.42. The monoisotopic (exact) mass is 495 g/mol. The molecule has 2 heterocycles.